The Bertz CT molecular complexity index is 628. The van der Waals surface area contributed by atoms with Crippen molar-refractivity contribution in [2.24, 2.45) is 0 Å². The van der Waals surface area contributed by atoms with E-state index in [2.05, 4.69) is 0 Å². The highest BCUT2D eigenvalue weighted by atomic mass is 32.1. The summed E-state index contributed by atoms with van der Waals surface area (Å²) in [6.45, 7) is 5.65. The van der Waals surface area contributed by atoms with Crippen molar-refractivity contribution >= 4 is 23.2 Å². The van der Waals surface area contributed by atoms with Crippen molar-refractivity contribution in [3.05, 3.63) is 56.8 Å². The zero-order chi connectivity index (χ0) is 14.0. The first-order chi connectivity index (χ1) is 8.99. The summed E-state index contributed by atoms with van der Waals surface area (Å²) in [7, 11) is 0. The molecule has 0 spiro atoms. The van der Waals surface area contributed by atoms with Crippen LogP contribution in [0, 0.1) is 20.8 Å². The molecule has 1 aromatic heterocycles. The van der Waals surface area contributed by atoms with Gasteiger partial charge in [-0.25, -0.2) is 0 Å². The lowest BCUT2D eigenvalue weighted by Crippen LogP contribution is -1.93. The summed E-state index contributed by atoms with van der Waals surface area (Å²) in [5.41, 5.74) is 3.32. The molecule has 0 radical (unpaired) electrons. The molecule has 1 heterocycles. The quantitative estimate of drug-likeness (QED) is 0.669. The first-order valence-corrected chi connectivity index (χ1v) is 6.93. The zero-order valence-corrected chi connectivity index (χ0v) is 12.0. The van der Waals surface area contributed by atoms with Crippen LogP contribution in [0.1, 0.15) is 31.9 Å². The Morgan fingerprint density at radius 2 is 1.84 bits per heavy atom. The summed E-state index contributed by atoms with van der Waals surface area (Å²) in [4.78, 5) is 13.0. The topological polar surface area (TPSA) is 37.3 Å². The van der Waals surface area contributed by atoms with Gasteiger partial charge < -0.3 is 5.11 Å². The van der Waals surface area contributed by atoms with E-state index in [1.165, 1.54) is 0 Å². The summed E-state index contributed by atoms with van der Waals surface area (Å²) in [5.74, 6) is 0.333. The lowest BCUT2D eigenvalue weighted by atomic mass is 10.0. The molecule has 0 aliphatic heterocycles. The Morgan fingerprint density at radius 3 is 2.37 bits per heavy atom. The second kappa shape index (κ2) is 5.41. The van der Waals surface area contributed by atoms with Crippen LogP contribution < -0.4 is 0 Å². The molecular weight excluding hydrogens is 256 g/mol. The molecule has 1 N–H and O–H groups in total. The molecule has 98 valence electrons. The van der Waals surface area contributed by atoms with Crippen molar-refractivity contribution in [2.45, 2.75) is 20.8 Å². The Labute approximate surface area is 117 Å². The molecule has 2 nitrogen and oxygen atoms in total. The van der Waals surface area contributed by atoms with Crippen LogP contribution in [0.5, 0.6) is 5.75 Å². The van der Waals surface area contributed by atoms with Crippen LogP contribution in [-0.2, 0) is 0 Å². The second-order valence-corrected chi connectivity index (χ2v) is 5.71. The van der Waals surface area contributed by atoms with E-state index in [-0.39, 0.29) is 5.78 Å². The van der Waals surface area contributed by atoms with Gasteiger partial charge in [-0.05, 0) is 67.1 Å². The predicted molar refractivity (Wildman–Crippen MR) is 80.0 cm³/mol. The number of hydrogen-bond acceptors (Lipinski definition) is 3. The highest BCUT2D eigenvalue weighted by Gasteiger charge is 2.07. The van der Waals surface area contributed by atoms with E-state index >= 15 is 0 Å². The van der Waals surface area contributed by atoms with E-state index in [9.17, 15) is 9.90 Å². The number of ketones is 1. The van der Waals surface area contributed by atoms with Gasteiger partial charge in [0.15, 0.2) is 5.78 Å². The smallest absolute Gasteiger partial charge is 0.186 e. The molecule has 2 aromatic rings. The van der Waals surface area contributed by atoms with Gasteiger partial charge in [-0.2, -0.15) is 0 Å². The number of benzene rings is 1. The van der Waals surface area contributed by atoms with Gasteiger partial charge in [-0.15, -0.1) is 11.3 Å². The maximum atomic E-state index is 12.0. The van der Waals surface area contributed by atoms with Gasteiger partial charge in [0.1, 0.15) is 5.75 Å². The predicted octanol–water partition coefficient (Wildman–Crippen LogP) is 4.28. The van der Waals surface area contributed by atoms with Crippen molar-refractivity contribution in [3.8, 4) is 5.75 Å². The normalized spacial score (nSPS) is 11.1. The van der Waals surface area contributed by atoms with E-state index in [1.807, 2.05) is 44.4 Å². The number of thiophene rings is 1. The number of rotatable bonds is 3. The maximum absolute atomic E-state index is 12.0. The lowest BCUT2D eigenvalue weighted by Gasteiger charge is -2.04. The maximum Gasteiger partial charge on any atom is 0.186 e. The number of allylic oxidation sites excluding steroid dienone is 1. The van der Waals surface area contributed by atoms with Gasteiger partial charge in [0.2, 0.25) is 0 Å². The number of carbonyl (C=O) groups excluding carboxylic acids is 1. The molecule has 0 aliphatic carbocycles. The third-order valence-electron chi connectivity index (χ3n) is 3.06. The minimum atomic E-state index is 0.0159. The van der Waals surface area contributed by atoms with Gasteiger partial charge in [-0.1, -0.05) is 6.08 Å². The van der Waals surface area contributed by atoms with Crippen LogP contribution in [-0.4, -0.2) is 10.9 Å². The molecule has 0 saturated heterocycles. The molecule has 3 heteroatoms. The molecule has 0 aliphatic rings. The van der Waals surface area contributed by atoms with E-state index < -0.39 is 0 Å². The molecule has 0 fully saturated rings. The minimum absolute atomic E-state index is 0.0159. The highest BCUT2D eigenvalue weighted by Crippen LogP contribution is 2.24. The minimum Gasteiger partial charge on any atom is -0.507 e. The number of aromatic hydroxyl groups is 1. The Hall–Kier alpha value is -1.87. The fraction of sp³-hybridized carbons (Fsp3) is 0.188. The van der Waals surface area contributed by atoms with Crippen LogP contribution >= 0.6 is 11.3 Å². The zero-order valence-electron chi connectivity index (χ0n) is 11.2. The van der Waals surface area contributed by atoms with E-state index in [0.717, 1.165) is 27.1 Å². The molecule has 2 rings (SSSR count). The van der Waals surface area contributed by atoms with Crippen molar-refractivity contribution in [2.75, 3.05) is 0 Å². The number of aryl methyl sites for hydroxylation is 3. The van der Waals surface area contributed by atoms with Gasteiger partial charge in [0.05, 0.1) is 0 Å². The van der Waals surface area contributed by atoms with Gasteiger partial charge in [-0.3, -0.25) is 4.79 Å². The Kier molecular flexibility index (Phi) is 3.86. The van der Waals surface area contributed by atoms with Crippen molar-refractivity contribution in [1.82, 2.24) is 0 Å². The van der Waals surface area contributed by atoms with Crippen LogP contribution in [0.15, 0.2) is 29.7 Å². The van der Waals surface area contributed by atoms with Crippen molar-refractivity contribution < 1.29 is 9.90 Å². The lowest BCUT2D eigenvalue weighted by molar-refractivity contribution is 0.104. The molecule has 19 heavy (non-hydrogen) atoms. The Morgan fingerprint density at radius 1 is 1.21 bits per heavy atom. The summed E-state index contributed by atoms with van der Waals surface area (Å²) in [6, 6.07) is 5.58. The molecule has 0 bridgehead atoms. The van der Waals surface area contributed by atoms with E-state index in [4.69, 9.17) is 0 Å². The average molecular weight is 272 g/mol. The number of phenolic OH excluding ortho intramolecular Hbond substituents is 1. The fourth-order valence-electron chi connectivity index (χ4n) is 1.99. The monoisotopic (exact) mass is 272 g/mol. The van der Waals surface area contributed by atoms with E-state index in [0.29, 0.717) is 5.75 Å². The van der Waals surface area contributed by atoms with Crippen LogP contribution in [0.4, 0.5) is 0 Å². The summed E-state index contributed by atoms with van der Waals surface area (Å²) in [6.07, 6.45) is 3.37. The molecule has 0 amide bonds. The SMILES string of the molecule is Cc1cc(C=CC(=O)c2ccsc2C)cc(C)c1O. The molecule has 0 saturated carbocycles. The fourth-order valence-corrected chi connectivity index (χ4v) is 2.69. The summed E-state index contributed by atoms with van der Waals surface area (Å²) in [5, 5.41) is 11.6. The third kappa shape index (κ3) is 2.93. The van der Waals surface area contributed by atoms with Crippen molar-refractivity contribution in [1.29, 1.82) is 0 Å². The third-order valence-corrected chi connectivity index (χ3v) is 3.91. The molecule has 1 aromatic carbocycles. The first-order valence-electron chi connectivity index (χ1n) is 6.05. The molecular formula is C16H16O2S. The second-order valence-electron chi connectivity index (χ2n) is 4.59. The van der Waals surface area contributed by atoms with Gasteiger partial charge in [0, 0.05) is 10.4 Å². The van der Waals surface area contributed by atoms with Crippen LogP contribution in [0.25, 0.3) is 6.08 Å². The summed E-state index contributed by atoms with van der Waals surface area (Å²) < 4.78 is 0. The molecule has 0 unspecified atom stereocenters. The number of phenols is 1. The number of carbonyl (C=O) groups is 1. The largest absolute Gasteiger partial charge is 0.507 e. The summed E-state index contributed by atoms with van der Waals surface area (Å²) >= 11 is 1.57. The van der Waals surface area contributed by atoms with Crippen molar-refractivity contribution in [3.63, 3.8) is 0 Å². The van der Waals surface area contributed by atoms with Gasteiger partial charge >= 0.3 is 0 Å². The number of hydrogen-bond donors (Lipinski definition) is 1. The highest BCUT2D eigenvalue weighted by molar-refractivity contribution is 7.10. The molecule has 0 atom stereocenters. The van der Waals surface area contributed by atoms with Crippen LogP contribution in [0.3, 0.4) is 0 Å². The van der Waals surface area contributed by atoms with E-state index in [1.54, 1.807) is 23.5 Å². The standard InChI is InChI=1S/C16H16O2S/c1-10-8-13(9-11(2)16(10)18)4-5-15(17)14-6-7-19-12(14)3/h4-9,18H,1-3H3. The van der Waals surface area contributed by atoms with Gasteiger partial charge in [0.25, 0.3) is 0 Å². The van der Waals surface area contributed by atoms with Crippen LogP contribution in [0.2, 0.25) is 0 Å². The first kappa shape index (κ1) is 13.6. The Balaban J connectivity index is 2.24. The average Bonchev–Trinajstić information content (AvgIpc) is 2.79.